The van der Waals surface area contributed by atoms with Gasteiger partial charge in [-0.1, -0.05) is 19.4 Å². The van der Waals surface area contributed by atoms with E-state index in [1.165, 1.54) is 0 Å². The van der Waals surface area contributed by atoms with Crippen molar-refractivity contribution in [2.24, 2.45) is 0 Å². The third-order valence-electron chi connectivity index (χ3n) is 2.60. The van der Waals surface area contributed by atoms with Gasteiger partial charge in [-0.15, -0.1) is 0 Å². The summed E-state index contributed by atoms with van der Waals surface area (Å²) in [7, 11) is 0. The zero-order valence-corrected chi connectivity index (χ0v) is 9.13. The zero-order valence-electron chi connectivity index (χ0n) is 9.13. The second-order valence-corrected chi connectivity index (χ2v) is 3.63. The SMILES string of the molecule is CCC(C)=CC(=O)OC1(CC)CCO1. The molecule has 1 rings (SSSR count). The minimum absolute atomic E-state index is 0.286. The Morgan fingerprint density at radius 2 is 2.21 bits per heavy atom. The molecule has 1 atom stereocenters. The van der Waals surface area contributed by atoms with Gasteiger partial charge < -0.3 is 9.47 Å². The number of rotatable bonds is 4. The van der Waals surface area contributed by atoms with E-state index in [-0.39, 0.29) is 5.97 Å². The Labute approximate surface area is 85.1 Å². The largest absolute Gasteiger partial charge is 0.430 e. The molecule has 1 heterocycles. The lowest BCUT2D eigenvalue weighted by Gasteiger charge is -2.39. The summed E-state index contributed by atoms with van der Waals surface area (Å²) in [5, 5.41) is 0. The van der Waals surface area contributed by atoms with E-state index < -0.39 is 5.79 Å². The van der Waals surface area contributed by atoms with Gasteiger partial charge in [0.2, 0.25) is 5.79 Å². The predicted octanol–water partition coefficient (Wildman–Crippen LogP) is 2.41. The first-order chi connectivity index (χ1) is 6.62. The van der Waals surface area contributed by atoms with E-state index in [0.717, 1.165) is 24.8 Å². The molecule has 0 bridgehead atoms. The Morgan fingerprint density at radius 3 is 2.57 bits per heavy atom. The molecule has 0 N–H and O–H groups in total. The fourth-order valence-corrected chi connectivity index (χ4v) is 1.28. The van der Waals surface area contributed by atoms with Gasteiger partial charge in [0, 0.05) is 18.9 Å². The molecular weight excluding hydrogens is 180 g/mol. The van der Waals surface area contributed by atoms with Crippen molar-refractivity contribution in [2.75, 3.05) is 6.61 Å². The van der Waals surface area contributed by atoms with Crippen molar-refractivity contribution < 1.29 is 14.3 Å². The molecule has 1 aliphatic heterocycles. The molecule has 1 unspecified atom stereocenters. The molecule has 0 saturated carbocycles. The van der Waals surface area contributed by atoms with Crippen LogP contribution in [0.4, 0.5) is 0 Å². The fourth-order valence-electron chi connectivity index (χ4n) is 1.28. The standard InChI is InChI=1S/C11H18O3/c1-4-9(3)8-10(12)14-11(5-2)6-7-13-11/h8H,4-7H2,1-3H3. The van der Waals surface area contributed by atoms with Gasteiger partial charge in [-0.25, -0.2) is 4.79 Å². The summed E-state index contributed by atoms with van der Waals surface area (Å²) < 4.78 is 10.5. The molecule has 0 aliphatic carbocycles. The second kappa shape index (κ2) is 4.60. The highest BCUT2D eigenvalue weighted by atomic mass is 16.7. The van der Waals surface area contributed by atoms with Crippen molar-refractivity contribution in [3.05, 3.63) is 11.6 Å². The maximum atomic E-state index is 11.4. The summed E-state index contributed by atoms with van der Waals surface area (Å²) in [5.74, 6) is -0.910. The minimum atomic E-state index is -0.623. The number of allylic oxidation sites excluding steroid dienone is 1. The van der Waals surface area contributed by atoms with E-state index in [1.807, 2.05) is 20.8 Å². The summed E-state index contributed by atoms with van der Waals surface area (Å²) in [6.45, 7) is 6.58. The molecule has 0 amide bonds. The van der Waals surface area contributed by atoms with Crippen LogP contribution in [-0.4, -0.2) is 18.4 Å². The molecule has 0 spiro atoms. The molecule has 1 aliphatic rings. The third kappa shape index (κ3) is 2.58. The molecule has 0 aromatic heterocycles. The monoisotopic (exact) mass is 198 g/mol. The molecule has 14 heavy (non-hydrogen) atoms. The van der Waals surface area contributed by atoms with E-state index in [4.69, 9.17) is 9.47 Å². The first-order valence-corrected chi connectivity index (χ1v) is 5.16. The lowest BCUT2D eigenvalue weighted by Crippen LogP contribution is -2.46. The summed E-state index contributed by atoms with van der Waals surface area (Å²) >= 11 is 0. The summed E-state index contributed by atoms with van der Waals surface area (Å²) in [6.07, 6.45) is 3.94. The Kier molecular flexibility index (Phi) is 3.69. The van der Waals surface area contributed by atoms with Gasteiger partial charge in [0.25, 0.3) is 0 Å². The molecule has 0 aromatic carbocycles. The number of ether oxygens (including phenoxy) is 2. The van der Waals surface area contributed by atoms with Crippen LogP contribution in [0.1, 0.15) is 40.0 Å². The van der Waals surface area contributed by atoms with E-state index in [2.05, 4.69) is 0 Å². The van der Waals surface area contributed by atoms with Gasteiger partial charge in [0.05, 0.1) is 6.61 Å². The van der Waals surface area contributed by atoms with Crippen LogP contribution in [0.15, 0.2) is 11.6 Å². The van der Waals surface area contributed by atoms with Gasteiger partial charge >= 0.3 is 5.97 Å². The molecule has 3 heteroatoms. The van der Waals surface area contributed by atoms with Crippen LogP contribution >= 0.6 is 0 Å². The topological polar surface area (TPSA) is 35.5 Å². The molecule has 1 fully saturated rings. The lowest BCUT2D eigenvalue weighted by molar-refractivity contribution is -0.290. The summed E-state index contributed by atoms with van der Waals surface area (Å²) in [5.41, 5.74) is 1.03. The highest BCUT2D eigenvalue weighted by molar-refractivity contribution is 5.83. The van der Waals surface area contributed by atoms with Crippen molar-refractivity contribution >= 4 is 5.97 Å². The molecular formula is C11H18O3. The normalized spacial score (nSPS) is 26.9. The van der Waals surface area contributed by atoms with Crippen molar-refractivity contribution in [2.45, 2.75) is 45.8 Å². The maximum Gasteiger partial charge on any atom is 0.333 e. The smallest absolute Gasteiger partial charge is 0.333 e. The zero-order chi connectivity index (χ0) is 10.6. The van der Waals surface area contributed by atoms with Crippen LogP contribution in [0.2, 0.25) is 0 Å². The third-order valence-corrected chi connectivity index (χ3v) is 2.60. The van der Waals surface area contributed by atoms with E-state index in [9.17, 15) is 4.79 Å². The molecule has 0 radical (unpaired) electrons. The van der Waals surface area contributed by atoms with E-state index in [1.54, 1.807) is 6.08 Å². The predicted molar refractivity (Wildman–Crippen MR) is 53.7 cm³/mol. The first kappa shape index (κ1) is 11.2. The average molecular weight is 198 g/mol. The Balaban J connectivity index is 2.47. The number of hydrogen-bond acceptors (Lipinski definition) is 3. The lowest BCUT2D eigenvalue weighted by atomic mass is 10.1. The summed E-state index contributed by atoms with van der Waals surface area (Å²) in [4.78, 5) is 11.4. The van der Waals surface area contributed by atoms with Crippen LogP contribution in [0, 0.1) is 0 Å². The van der Waals surface area contributed by atoms with Crippen LogP contribution in [-0.2, 0) is 14.3 Å². The van der Waals surface area contributed by atoms with Crippen molar-refractivity contribution in [1.82, 2.24) is 0 Å². The van der Waals surface area contributed by atoms with Crippen LogP contribution < -0.4 is 0 Å². The average Bonchev–Trinajstić information content (AvgIpc) is 2.11. The fraction of sp³-hybridized carbons (Fsp3) is 0.727. The van der Waals surface area contributed by atoms with E-state index in [0.29, 0.717) is 6.61 Å². The van der Waals surface area contributed by atoms with Crippen LogP contribution in [0.5, 0.6) is 0 Å². The van der Waals surface area contributed by atoms with Gasteiger partial charge in [-0.2, -0.15) is 0 Å². The Morgan fingerprint density at radius 1 is 1.57 bits per heavy atom. The number of hydrogen-bond donors (Lipinski definition) is 0. The maximum absolute atomic E-state index is 11.4. The molecule has 1 saturated heterocycles. The minimum Gasteiger partial charge on any atom is -0.430 e. The van der Waals surface area contributed by atoms with Crippen LogP contribution in [0.25, 0.3) is 0 Å². The quantitative estimate of drug-likeness (QED) is 0.514. The second-order valence-electron chi connectivity index (χ2n) is 3.63. The van der Waals surface area contributed by atoms with E-state index >= 15 is 0 Å². The van der Waals surface area contributed by atoms with Gasteiger partial charge in [-0.05, 0) is 13.3 Å². The molecule has 3 nitrogen and oxygen atoms in total. The summed E-state index contributed by atoms with van der Waals surface area (Å²) in [6, 6.07) is 0. The van der Waals surface area contributed by atoms with Crippen LogP contribution in [0.3, 0.4) is 0 Å². The molecule has 80 valence electrons. The Bertz CT molecular complexity index is 233. The Hall–Kier alpha value is -0.830. The number of carbonyl (C=O) groups is 1. The number of esters is 1. The first-order valence-electron chi connectivity index (χ1n) is 5.16. The van der Waals surface area contributed by atoms with Crippen molar-refractivity contribution in [3.63, 3.8) is 0 Å². The van der Waals surface area contributed by atoms with Gasteiger partial charge in [-0.3, -0.25) is 0 Å². The highest BCUT2D eigenvalue weighted by Gasteiger charge is 2.40. The van der Waals surface area contributed by atoms with Gasteiger partial charge in [0.15, 0.2) is 0 Å². The van der Waals surface area contributed by atoms with Gasteiger partial charge in [0.1, 0.15) is 0 Å². The highest BCUT2D eigenvalue weighted by Crippen LogP contribution is 2.31. The van der Waals surface area contributed by atoms with Crippen molar-refractivity contribution in [1.29, 1.82) is 0 Å². The molecule has 0 aromatic rings. The number of carbonyl (C=O) groups excluding carboxylic acids is 1. The van der Waals surface area contributed by atoms with Crippen molar-refractivity contribution in [3.8, 4) is 0 Å².